The lowest BCUT2D eigenvalue weighted by molar-refractivity contribution is -0.122. The zero-order chi connectivity index (χ0) is 24.8. The molecule has 1 atom stereocenters. The van der Waals surface area contributed by atoms with Gasteiger partial charge in [0.2, 0.25) is 0 Å². The molecule has 0 saturated carbocycles. The molecule has 6 nitrogen and oxygen atoms in total. The number of hydrogen-bond donors (Lipinski definition) is 3. The summed E-state index contributed by atoms with van der Waals surface area (Å²) in [5.41, 5.74) is 6.17. The number of nitrogen functional groups attached to an aromatic ring is 1. The van der Waals surface area contributed by atoms with Crippen molar-refractivity contribution in [3.8, 4) is 5.75 Å². The standard InChI is InChI=1S/C27H39N3O3/c1-8-23(25(32)29-20-12-13-22(30-28)18(15-20)17-31)33-24-14-11-19(26(4,5)9-2)16-21(24)27(6,7)10-3/h11-17,23,30H,8-10,28H2,1-7H3,(H,29,32). The molecule has 1 unspecified atom stereocenters. The fraction of sp³-hybridized carbons (Fsp3) is 0.481. The van der Waals surface area contributed by atoms with E-state index in [1.54, 1.807) is 18.2 Å². The maximum atomic E-state index is 13.0. The SMILES string of the molecule is CCC(Oc1ccc(C(C)(C)CC)cc1C(C)(C)CC)C(=O)Nc1ccc(NN)c(C=O)c1. The first kappa shape index (κ1) is 26.4. The summed E-state index contributed by atoms with van der Waals surface area (Å²) in [4.78, 5) is 24.3. The summed E-state index contributed by atoms with van der Waals surface area (Å²) in [7, 11) is 0. The minimum Gasteiger partial charge on any atom is -0.480 e. The topological polar surface area (TPSA) is 93.4 Å². The minimum atomic E-state index is -0.673. The van der Waals surface area contributed by atoms with Gasteiger partial charge in [0.15, 0.2) is 12.4 Å². The average molecular weight is 454 g/mol. The van der Waals surface area contributed by atoms with Gasteiger partial charge in [0.25, 0.3) is 5.91 Å². The van der Waals surface area contributed by atoms with Gasteiger partial charge < -0.3 is 15.5 Å². The van der Waals surface area contributed by atoms with Gasteiger partial charge in [-0.25, -0.2) is 0 Å². The van der Waals surface area contributed by atoms with Crippen LogP contribution >= 0.6 is 0 Å². The Morgan fingerprint density at radius 1 is 1.03 bits per heavy atom. The Morgan fingerprint density at radius 3 is 2.24 bits per heavy atom. The number of nitrogens with one attached hydrogen (secondary N) is 2. The third-order valence-electron chi connectivity index (χ3n) is 6.79. The fourth-order valence-electron chi connectivity index (χ4n) is 3.54. The van der Waals surface area contributed by atoms with E-state index in [4.69, 9.17) is 10.6 Å². The Morgan fingerprint density at radius 2 is 1.70 bits per heavy atom. The second-order valence-corrected chi connectivity index (χ2v) is 9.75. The third kappa shape index (κ3) is 6.14. The predicted molar refractivity (Wildman–Crippen MR) is 136 cm³/mol. The summed E-state index contributed by atoms with van der Waals surface area (Å²) < 4.78 is 6.31. The lowest BCUT2D eigenvalue weighted by Gasteiger charge is -2.31. The number of anilines is 2. The number of aldehydes is 1. The van der Waals surface area contributed by atoms with Crippen LogP contribution in [-0.2, 0) is 15.6 Å². The van der Waals surface area contributed by atoms with Gasteiger partial charge in [-0.1, -0.05) is 60.6 Å². The van der Waals surface area contributed by atoms with Crippen LogP contribution in [0.25, 0.3) is 0 Å². The molecule has 0 saturated heterocycles. The van der Waals surface area contributed by atoms with Gasteiger partial charge in [-0.3, -0.25) is 15.4 Å². The van der Waals surface area contributed by atoms with Crippen LogP contribution in [0.1, 0.15) is 89.2 Å². The average Bonchev–Trinajstić information content (AvgIpc) is 2.82. The number of rotatable bonds is 11. The van der Waals surface area contributed by atoms with Crippen molar-refractivity contribution in [3.05, 3.63) is 53.1 Å². The van der Waals surface area contributed by atoms with Gasteiger partial charge in [-0.15, -0.1) is 0 Å². The minimum absolute atomic E-state index is 0.0550. The van der Waals surface area contributed by atoms with Crippen molar-refractivity contribution >= 4 is 23.6 Å². The molecule has 0 aromatic heterocycles. The van der Waals surface area contributed by atoms with E-state index in [0.717, 1.165) is 24.2 Å². The third-order valence-corrected chi connectivity index (χ3v) is 6.79. The number of nitrogens with two attached hydrogens (primary N) is 1. The van der Waals surface area contributed by atoms with Crippen LogP contribution in [0.3, 0.4) is 0 Å². The lowest BCUT2D eigenvalue weighted by Crippen LogP contribution is -2.33. The number of carbonyl (C=O) groups is 2. The van der Waals surface area contributed by atoms with Crippen LogP contribution in [0, 0.1) is 0 Å². The molecule has 6 heteroatoms. The van der Waals surface area contributed by atoms with Crippen molar-refractivity contribution in [2.45, 2.75) is 84.7 Å². The summed E-state index contributed by atoms with van der Waals surface area (Å²) in [6.45, 7) is 15.2. The number of ether oxygens (including phenoxy) is 1. The first-order valence-corrected chi connectivity index (χ1v) is 11.7. The Labute approximate surface area is 198 Å². The van der Waals surface area contributed by atoms with E-state index in [1.165, 1.54) is 5.56 Å². The fourth-order valence-corrected chi connectivity index (χ4v) is 3.54. The van der Waals surface area contributed by atoms with E-state index in [9.17, 15) is 9.59 Å². The van der Waals surface area contributed by atoms with Crippen LogP contribution < -0.4 is 21.3 Å². The largest absolute Gasteiger partial charge is 0.480 e. The van der Waals surface area contributed by atoms with Gasteiger partial charge in [-0.05, 0) is 59.9 Å². The normalized spacial score (nSPS) is 12.7. The van der Waals surface area contributed by atoms with Crippen molar-refractivity contribution in [3.63, 3.8) is 0 Å². The molecule has 0 bridgehead atoms. The second kappa shape index (κ2) is 10.8. The Balaban J connectivity index is 2.35. The molecule has 1 amide bonds. The molecule has 0 aliphatic heterocycles. The van der Waals surface area contributed by atoms with Gasteiger partial charge >= 0.3 is 0 Å². The Bertz CT molecular complexity index is 983. The smallest absolute Gasteiger partial charge is 0.265 e. The number of carbonyl (C=O) groups excluding carboxylic acids is 2. The number of hydrogen-bond acceptors (Lipinski definition) is 5. The molecule has 0 radical (unpaired) electrons. The van der Waals surface area contributed by atoms with E-state index in [2.05, 4.69) is 64.4 Å². The molecule has 0 aliphatic carbocycles. The van der Waals surface area contributed by atoms with Crippen LogP contribution in [0.5, 0.6) is 5.75 Å². The first-order valence-electron chi connectivity index (χ1n) is 11.7. The molecule has 2 rings (SSSR count). The van der Waals surface area contributed by atoms with Crippen LogP contribution in [0.2, 0.25) is 0 Å². The molecule has 0 fully saturated rings. The van der Waals surface area contributed by atoms with Crippen molar-refractivity contribution in [1.82, 2.24) is 0 Å². The Kier molecular flexibility index (Phi) is 8.67. The molecule has 180 valence electrons. The summed E-state index contributed by atoms with van der Waals surface area (Å²) >= 11 is 0. The number of benzene rings is 2. The van der Waals surface area contributed by atoms with Gasteiger partial charge in [0, 0.05) is 16.8 Å². The van der Waals surface area contributed by atoms with E-state index < -0.39 is 6.10 Å². The highest BCUT2D eigenvalue weighted by atomic mass is 16.5. The Hall–Kier alpha value is -2.86. The molecule has 4 N–H and O–H groups in total. The molecule has 2 aromatic carbocycles. The molecular formula is C27H39N3O3. The van der Waals surface area contributed by atoms with E-state index >= 15 is 0 Å². The highest BCUT2D eigenvalue weighted by Gasteiger charge is 2.29. The molecule has 0 heterocycles. The number of amides is 1. The quantitative estimate of drug-likeness (QED) is 0.222. The van der Waals surface area contributed by atoms with Gasteiger partial charge in [0.05, 0.1) is 5.69 Å². The zero-order valence-corrected chi connectivity index (χ0v) is 21.0. The summed E-state index contributed by atoms with van der Waals surface area (Å²) in [6.07, 6.45) is 2.49. The molecule has 0 spiro atoms. The van der Waals surface area contributed by atoms with E-state index in [-0.39, 0.29) is 16.7 Å². The van der Waals surface area contributed by atoms with Crippen LogP contribution in [-0.4, -0.2) is 18.3 Å². The summed E-state index contributed by atoms with van der Waals surface area (Å²) in [5.74, 6) is 5.89. The molecular weight excluding hydrogens is 414 g/mol. The van der Waals surface area contributed by atoms with Crippen molar-refractivity contribution in [2.24, 2.45) is 5.84 Å². The second-order valence-electron chi connectivity index (χ2n) is 9.75. The molecule has 33 heavy (non-hydrogen) atoms. The monoisotopic (exact) mass is 453 g/mol. The van der Waals surface area contributed by atoms with E-state index in [1.807, 2.05) is 13.0 Å². The highest BCUT2D eigenvalue weighted by molar-refractivity contribution is 5.96. The number of hydrazine groups is 1. The van der Waals surface area contributed by atoms with Crippen molar-refractivity contribution in [1.29, 1.82) is 0 Å². The van der Waals surface area contributed by atoms with Gasteiger partial charge in [0.1, 0.15) is 5.75 Å². The van der Waals surface area contributed by atoms with Crippen LogP contribution in [0.4, 0.5) is 11.4 Å². The summed E-state index contributed by atoms with van der Waals surface area (Å²) in [6, 6.07) is 11.3. The zero-order valence-electron chi connectivity index (χ0n) is 21.0. The summed E-state index contributed by atoms with van der Waals surface area (Å²) in [5, 5.41) is 2.86. The maximum Gasteiger partial charge on any atom is 0.265 e. The lowest BCUT2D eigenvalue weighted by atomic mass is 9.76. The molecule has 0 aliphatic rings. The first-order chi connectivity index (χ1) is 15.5. The van der Waals surface area contributed by atoms with Crippen molar-refractivity contribution < 1.29 is 14.3 Å². The van der Waals surface area contributed by atoms with Crippen molar-refractivity contribution in [2.75, 3.05) is 10.7 Å². The predicted octanol–water partition coefficient (Wildman–Crippen LogP) is 5.96. The molecule has 2 aromatic rings. The highest BCUT2D eigenvalue weighted by Crippen LogP contribution is 2.39. The maximum absolute atomic E-state index is 13.0. The van der Waals surface area contributed by atoms with Gasteiger partial charge in [-0.2, -0.15) is 0 Å². The van der Waals surface area contributed by atoms with Crippen LogP contribution in [0.15, 0.2) is 36.4 Å². The van der Waals surface area contributed by atoms with E-state index in [0.29, 0.717) is 29.6 Å².